The number of rotatable bonds is 16. The average Bonchev–Trinajstić information content (AvgIpc) is 3.40. The van der Waals surface area contributed by atoms with Crippen molar-refractivity contribution in [2.75, 3.05) is 66.1 Å². The van der Waals surface area contributed by atoms with Crippen molar-refractivity contribution in [1.29, 1.82) is 0 Å². The molecular weight excluding hydrogens is 356 g/mol. The monoisotopic (exact) mass is 378 g/mol. The molecule has 2 aliphatic rings. The molecule has 0 radical (unpaired) electrons. The Labute approximate surface area is 142 Å². The fraction of sp³-hybridized carbons (Fsp3) is 1.00. The fourth-order valence-corrected chi connectivity index (χ4v) is 1.65. The first-order valence-corrected chi connectivity index (χ1v) is 7.86. The third-order valence-electron chi connectivity index (χ3n) is 3.00. The van der Waals surface area contributed by atoms with Crippen LogP contribution < -0.4 is 0 Å². The summed E-state index contributed by atoms with van der Waals surface area (Å²) in [6.07, 6.45) is -8.19. The molecule has 0 bridgehead atoms. The third-order valence-corrected chi connectivity index (χ3v) is 3.00. The minimum Gasteiger partial charge on any atom is -0.376 e. The molecule has 0 aromatic rings. The molecule has 0 aliphatic carbocycles. The Morgan fingerprint density at radius 2 is 1.04 bits per heavy atom. The molecule has 2 aliphatic heterocycles. The van der Waals surface area contributed by atoms with E-state index in [0.717, 1.165) is 0 Å². The normalized spacial score (nSPS) is 23.0. The summed E-state index contributed by atoms with van der Waals surface area (Å²) in [5, 5.41) is 0. The molecule has 25 heavy (non-hydrogen) atoms. The first-order chi connectivity index (χ1) is 11.9. The maximum Gasteiger partial charge on any atom is 0.383 e. The summed E-state index contributed by atoms with van der Waals surface area (Å²) in [7, 11) is 0. The van der Waals surface area contributed by atoms with Crippen LogP contribution in [-0.2, 0) is 33.2 Å². The van der Waals surface area contributed by atoms with Gasteiger partial charge in [-0.3, -0.25) is 4.74 Å². The Morgan fingerprint density at radius 3 is 1.40 bits per heavy atom. The molecule has 0 N–H and O–H groups in total. The molecule has 2 unspecified atom stereocenters. The van der Waals surface area contributed by atoms with Gasteiger partial charge in [0.05, 0.1) is 52.9 Å². The van der Waals surface area contributed by atoms with Crippen LogP contribution in [0.2, 0.25) is 0 Å². The lowest BCUT2D eigenvalue weighted by atomic mass is 10.5. The number of alkyl halides is 4. The molecule has 7 nitrogen and oxygen atoms in total. The smallest absolute Gasteiger partial charge is 0.376 e. The number of ether oxygens (including phenoxy) is 7. The Morgan fingerprint density at radius 1 is 0.680 bits per heavy atom. The van der Waals surface area contributed by atoms with Gasteiger partial charge in [-0.1, -0.05) is 0 Å². The number of hydrogen-bond donors (Lipinski definition) is 0. The zero-order valence-corrected chi connectivity index (χ0v) is 13.6. The average molecular weight is 378 g/mol. The largest absolute Gasteiger partial charge is 0.383 e. The summed E-state index contributed by atoms with van der Waals surface area (Å²) in [6.45, 7) is -0.914. The van der Waals surface area contributed by atoms with Crippen molar-refractivity contribution in [1.82, 2.24) is 0 Å². The van der Waals surface area contributed by atoms with Crippen molar-refractivity contribution in [2.24, 2.45) is 0 Å². The minimum atomic E-state index is -4.15. The van der Waals surface area contributed by atoms with Crippen LogP contribution in [0, 0.1) is 0 Å². The van der Waals surface area contributed by atoms with Gasteiger partial charge in [0.2, 0.25) is 0 Å². The lowest BCUT2D eigenvalue weighted by Gasteiger charge is -2.23. The van der Waals surface area contributed by atoms with Gasteiger partial charge in [0, 0.05) is 0 Å². The van der Waals surface area contributed by atoms with Crippen LogP contribution in [-0.4, -0.2) is 90.5 Å². The van der Waals surface area contributed by atoms with Gasteiger partial charge in [0.15, 0.2) is 0 Å². The van der Waals surface area contributed by atoms with E-state index in [1.807, 2.05) is 0 Å². The standard InChI is InChI=1S/C14H22F4O7/c15-13(16,9-21-3-1-19-5-11-7-23-11)25-14(17,18)10-22-4-2-20-6-12-8-24-12/h11-12H,1-10H2. The highest BCUT2D eigenvalue weighted by Crippen LogP contribution is 2.27. The maximum absolute atomic E-state index is 13.3. The quantitative estimate of drug-likeness (QED) is 0.226. The molecule has 0 aromatic heterocycles. The Kier molecular flexibility index (Phi) is 8.26. The summed E-state index contributed by atoms with van der Waals surface area (Å²) in [5.74, 6) is 0. The topological polar surface area (TPSA) is 71.2 Å². The van der Waals surface area contributed by atoms with E-state index in [2.05, 4.69) is 14.2 Å². The van der Waals surface area contributed by atoms with Gasteiger partial charge >= 0.3 is 12.2 Å². The highest BCUT2D eigenvalue weighted by Gasteiger charge is 2.44. The van der Waals surface area contributed by atoms with E-state index in [0.29, 0.717) is 26.4 Å². The SMILES string of the molecule is FC(F)(COCCOCC1CO1)OC(F)(F)COCCOCC1CO1. The molecular formula is C14H22F4O7. The van der Waals surface area contributed by atoms with Crippen molar-refractivity contribution in [3.8, 4) is 0 Å². The molecule has 0 saturated carbocycles. The Balaban J connectivity index is 1.46. The zero-order chi connectivity index (χ0) is 18.2. The molecule has 2 atom stereocenters. The maximum atomic E-state index is 13.3. The van der Waals surface area contributed by atoms with Crippen LogP contribution in [0.15, 0.2) is 0 Å². The molecule has 2 saturated heterocycles. The highest BCUT2D eigenvalue weighted by molar-refractivity contribution is 4.67. The van der Waals surface area contributed by atoms with E-state index < -0.39 is 25.4 Å². The van der Waals surface area contributed by atoms with Crippen molar-refractivity contribution in [3.63, 3.8) is 0 Å². The molecule has 0 amide bonds. The van der Waals surface area contributed by atoms with Gasteiger partial charge in [-0.2, -0.15) is 17.6 Å². The predicted molar refractivity (Wildman–Crippen MR) is 73.7 cm³/mol. The van der Waals surface area contributed by atoms with Gasteiger partial charge < -0.3 is 28.4 Å². The van der Waals surface area contributed by atoms with Gasteiger partial charge in [-0.05, 0) is 0 Å². The van der Waals surface area contributed by atoms with Crippen molar-refractivity contribution in [3.05, 3.63) is 0 Å². The van der Waals surface area contributed by atoms with Crippen LogP contribution >= 0.6 is 0 Å². The second-order valence-electron chi connectivity index (χ2n) is 5.54. The van der Waals surface area contributed by atoms with Gasteiger partial charge in [0.25, 0.3) is 0 Å². The minimum absolute atomic E-state index is 0.0518. The third kappa shape index (κ3) is 10.9. The van der Waals surface area contributed by atoms with E-state index in [1.165, 1.54) is 0 Å². The van der Waals surface area contributed by atoms with E-state index in [9.17, 15) is 17.6 Å². The van der Waals surface area contributed by atoms with Crippen LogP contribution in [0.1, 0.15) is 0 Å². The highest BCUT2D eigenvalue weighted by atomic mass is 19.3. The molecule has 0 spiro atoms. The van der Waals surface area contributed by atoms with E-state index in [1.54, 1.807) is 0 Å². The van der Waals surface area contributed by atoms with Gasteiger partial charge in [-0.15, -0.1) is 0 Å². The lowest BCUT2D eigenvalue weighted by molar-refractivity contribution is -0.393. The Hall–Kier alpha value is -0.560. The molecule has 2 rings (SSSR count). The predicted octanol–water partition coefficient (Wildman–Crippen LogP) is 1.05. The van der Waals surface area contributed by atoms with Crippen molar-refractivity contribution in [2.45, 2.75) is 24.4 Å². The van der Waals surface area contributed by atoms with Crippen molar-refractivity contribution < 1.29 is 50.7 Å². The van der Waals surface area contributed by atoms with Crippen LogP contribution in [0.4, 0.5) is 17.6 Å². The Bertz CT molecular complexity index is 344. The second kappa shape index (κ2) is 9.95. The van der Waals surface area contributed by atoms with E-state index >= 15 is 0 Å². The lowest BCUT2D eigenvalue weighted by Crippen LogP contribution is -2.40. The van der Waals surface area contributed by atoms with Gasteiger partial charge in [-0.25, -0.2) is 0 Å². The van der Waals surface area contributed by atoms with Crippen LogP contribution in [0.3, 0.4) is 0 Å². The summed E-state index contributed by atoms with van der Waals surface area (Å²) in [5.41, 5.74) is 0. The molecule has 11 heteroatoms. The number of epoxide rings is 2. The summed E-state index contributed by atoms with van der Waals surface area (Å²) in [4.78, 5) is 0. The van der Waals surface area contributed by atoms with Gasteiger partial charge in [0.1, 0.15) is 25.4 Å². The fourth-order valence-electron chi connectivity index (χ4n) is 1.65. The van der Waals surface area contributed by atoms with Crippen LogP contribution in [0.5, 0.6) is 0 Å². The summed E-state index contributed by atoms with van der Waals surface area (Å²) in [6, 6.07) is 0. The molecule has 148 valence electrons. The molecule has 0 aromatic carbocycles. The van der Waals surface area contributed by atoms with E-state index in [4.69, 9.17) is 18.9 Å². The summed E-state index contributed by atoms with van der Waals surface area (Å²) < 4.78 is 85.8. The summed E-state index contributed by atoms with van der Waals surface area (Å²) >= 11 is 0. The molecule has 2 fully saturated rings. The first-order valence-electron chi connectivity index (χ1n) is 7.86. The first kappa shape index (κ1) is 20.7. The number of halogens is 4. The zero-order valence-electron chi connectivity index (χ0n) is 13.6. The van der Waals surface area contributed by atoms with Crippen LogP contribution in [0.25, 0.3) is 0 Å². The second-order valence-corrected chi connectivity index (χ2v) is 5.54. The number of hydrogen-bond acceptors (Lipinski definition) is 7. The van der Waals surface area contributed by atoms with Crippen molar-refractivity contribution >= 4 is 0 Å². The molecule has 2 heterocycles. The van der Waals surface area contributed by atoms with E-state index in [-0.39, 0.29) is 38.6 Å².